The number of nitrogens with two attached hydrogens (primary N) is 1. The van der Waals surface area contributed by atoms with Gasteiger partial charge in [-0.3, -0.25) is 0 Å². The highest BCUT2D eigenvalue weighted by Gasteiger charge is 2.27. The summed E-state index contributed by atoms with van der Waals surface area (Å²) < 4.78 is 19.7. The van der Waals surface area contributed by atoms with Gasteiger partial charge in [0.1, 0.15) is 17.7 Å². The highest BCUT2D eigenvalue weighted by atomic mass is 35.5. The minimum atomic E-state index is -0.278. The van der Waals surface area contributed by atoms with Gasteiger partial charge in [-0.05, 0) is 30.7 Å². The maximum Gasteiger partial charge on any atom is 0.131 e. The number of hydrogen-bond acceptors (Lipinski definition) is 2. The van der Waals surface area contributed by atoms with Gasteiger partial charge in [0.2, 0.25) is 0 Å². The average molecular weight is 292 g/mol. The van der Waals surface area contributed by atoms with Crippen molar-refractivity contribution < 1.29 is 9.13 Å². The first kappa shape index (κ1) is 13.4. The Balaban J connectivity index is 2.21. The maximum absolute atomic E-state index is 13.9. The fourth-order valence-electron chi connectivity index (χ4n) is 2.68. The Kier molecular flexibility index (Phi) is 3.40. The van der Waals surface area contributed by atoms with E-state index >= 15 is 0 Å². The summed E-state index contributed by atoms with van der Waals surface area (Å²) in [5.41, 5.74) is 9.03. The molecule has 0 aromatic heterocycles. The summed E-state index contributed by atoms with van der Waals surface area (Å²) in [4.78, 5) is 0. The molecule has 1 aliphatic heterocycles. The van der Waals surface area contributed by atoms with Crippen LogP contribution in [0.5, 0.6) is 5.75 Å². The molecule has 2 N–H and O–H groups in total. The van der Waals surface area contributed by atoms with Crippen LogP contribution in [-0.4, -0.2) is 12.6 Å². The van der Waals surface area contributed by atoms with E-state index in [4.69, 9.17) is 22.1 Å². The molecule has 0 aliphatic carbocycles. The topological polar surface area (TPSA) is 35.2 Å². The van der Waals surface area contributed by atoms with Crippen LogP contribution in [0.4, 0.5) is 4.39 Å². The van der Waals surface area contributed by atoms with Crippen molar-refractivity contribution in [3.63, 3.8) is 0 Å². The van der Waals surface area contributed by atoms with E-state index in [9.17, 15) is 4.39 Å². The number of ether oxygens (including phenoxy) is 1. The van der Waals surface area contributed by atoms with Gasteiger partial charge < -0.3 is 10.5 Å². The lowest BCUT2D eigenvalue weighted by Gasteiger charge is -2.14. The summed E-state index contributed by atoms with van der Waals surface area (Å²) in [6.45, 7) is 2.37. The van der Waals surface area contributed by atoms with E-state index in [0.29, 0.717) is 29.3 Å². The minimum Gasteiger partial charge on any atom is -0.488 e. The molecule has 0 bridgehead atoms. The predicted molar refractivity (Wildman–Crippen MR) is 78.8 cm³/mol. The normalized spacial score (nSPS) is 16.9. The molecule has 0 radical (unpaired) electrons. The third kappa shape index (κ3) is 2.17. The lowest BCUT2D eigenvalue weighted by atomic mass is 9.97. The zero-order valence-corrected chi connectivity index (χ0v) is 11.9. The molecule has 1 aliphatic rings. The van der Waals surface area contributed by atoms with Gasteiger partial charge in [-0.15, -0.1) is 0 Å². The van der Waals surface area contributed by atoms with Crippen LogP contribution in [0.2, 0.25) is 5.02 Å². The molecule has 2 aromatic carbocycles. The first-order chi connectivity index (χ1) is 9.60. The van der Waals surface area contributed by atoms with Crippen molar-refractivity contribution in [2.24, 2.45) is 5.73 Å². The van der Waals surface area contributed by atoms with Gasteiger partial charge in [-0.1, -0.05) is 23.7 Å². The number of hydrogen-bond donors (Lipinski definition) is 1. The molecule has 1 atom stereocenters. The predicted octanol–water partition coefficient (Wildman–Crippen LogP) is 3.72. The third-order valence-corrected chi connectivity index (χ3v) is 3.93. The largest absolute Gasteiger partial charge is 0.488 e. The summed E-state index contributed by atoms with van der Waals surface area (Å²) in [6, 6.07) is 8.63. The molecule has 20 heavy (non-hydrogen) atoms. The molecule has 1 heterocycles. The van der Waals surface area contributed by atoms with Gasteiger partial charge in [-0.25, -0.2) is 4.39 Å². The minimum absolute atomic E-state index is 0.0895. The Morgan fingerprint density at radius 2 is 2.20 bits per heavy atom. The van der Waals surface area contributed by atoms with Crippen LogP contribution in [0.15, 0.2) is 30.3 Å². The second-order valence-electron chi connectivity index (χ2n) is 5.05. The van der Waals surface area contributed by atoms with Crippen LogP contribution in [0, 0.1) is 12.7 Å². The molecular weight excluding hydrogens is 277 g/mol. The second kappa shape index (κ2) is 5.08. The maximum atomic E-state index is 13.9. The number of aryl methyl sites for hydroxylation is 1. The van der Waals surface area contributed by atoms with E-state index in [1.165, 1.54) is 12.1 Å². The van der Waals surface area contributed by atoms with E-state index in [-0.39, 0.29) is 11.9 Å². The van der Waals surface area contributed by atoms with Crippen molar-refractivity contribution in [1.29, 1.82) is 0 Å². The Labute approximate surface area is 122 Å². The van der Waals surface area contributed by atoms with Crippen LogP contribution in [0.25, 0.3) is 11.1 Å². The van der Waals surface area contributed by atoms with Crippen molar-refractivity contribution in [3.05, 3.63) is 52.3 Å². The Morgan fingerprint density at radius 1 is 1.40 bits per heavy atom. The summed E-state index contributed by atoms with van der Waals surface area (Å²) in [7, 11) is 0. The van der Waals surface area contributed by atoms with E-state index < -0.39 is 0 Å². The van der Waals surface area contributed by atoms with Crippen molar-refractivity contribution in [2.45, 2.75) is 19.4 Å². The lowest BCUT2D eigenvalue weighted by molar-refractivity contribution is 0.242. The smallest absolute Gasteiger partial charge is 0.131 e. The first-order valence-electron chi connectivity index (χ1n) is 6.54. The number of benzene rings is 2. The van der Waals surface area contributed by atoms with Crippen molar-refractivity contribution >= 4 is 11.6 Å². The average Bonchev–Trinajstić information content (AvgIpc) is 2.81. The molecule has 0 fully saturated rings. The van der Waals surface area contributed by atoms with Gasteiger partial charge in [0.25, 0.3) is 0 Å². The highest BCUT2D eigenvalue weighted by Crippen LogP contribution is 2.43. The Hall–Kier alpha value is -1.58. The third-order valence-electron chi connectivity index (χ3n) is 3.62. The monoisotopic (exact) mass is 291 g/mol. The van der Waals surface area contributed by atoms with Gasteiger partial charge >= 0.3 is 0 Å². The number of halogens is 2. The van der Waals surface area contributed by atoms with Crippen LogP contribution < -0.4 is 10.5 Å². The van der Waals surface area contributed by atoms with Gasteiger partial charge in [0, 0.05) is 34.7 Å². The van der Waals surface area contributed by atoms with Gasteiger partial charge in [0.05, 0.1) is 0 Å². The Morgan fingerprint density at radius 3 is 2.90 bits per heavy atom. The molecule has 0 saturated heterocycles. The Bertz CT molecular complexity index is 652. The molecule has 0 saturated carbocycles. The molecule has 0 spiro atoms. The van der Waals surface area contributed by atoms with Crippen LogP contribution in [0.1, 0.15) is 11.1 Å². The van der Waals surface area contributed by atoms with Crippen LogP contribution >= 0.6 is 11.6 Å². The molecule has 104 valence electrons. The van der Waals surface area contributed by atoms with E-state index in [2.05, 4.69) is 0 Å². The van der Waals surface area contributed by atoms with Crippen molar-refractivity contribution in [2.75, 3.05) is 6.54 Å². The SMILES string of the molecule is Cc1cccc(Cl)c1-c1cc(F)cc2c1OC(CN)C2. The second-order valence-corrected chi connectivity index (χ2v) is 5.46. The van der Waals surface area contributed by atoms with Crippen molar-refractivity contribution in [1.82, 2.24) is 0 Å². The van der Waals surface area contributed by atoms with E-state index in [1.807, 2.05) is 19.1 Å². The molecule has 4 heteroatoms. The molecule has 2 aromatic rings. The summed E-state index contributed by atoms with van der Waals surface area (Å²) in [5, 5.41) is 0.595. The van der Waals surface area contributed by atoms with Gasteiger partial charge in [0.15, 0.2) is 0 Å². The lowest BCUT2D eigenvalue weighted by Crippen LogP contribution is -2.24. The molecule has 2 nitrogen and oxygen atoms in total. The number of rotatable bonds is 2. The van der Waals surface area contributed by atoms with Crippen LogP contribution in [-0.2, 0) is 6.42 Å². The standard InChI is InChI=1S/C16H15ClFNO/c1-9-3-2-4-14(17)15(9)13-7-11(18)5-10-6-12(8-19)20-16(10)13/h2-5,7,12H,6,8,19H2,1H3. The van der Waals surface area contributed by atoms with Gasteiger partial charge in [-0.2, -0.15) is 0 Å². The summed E-state index contributed by atoms with van der Waals surface area (Å²) >= 11 is 6.29. The van der Waals surface area contributed by atoms with Crippen LogP contribution in [0.3, 0.4) is 0 Å². The fraction of sp³-hybridized carbons (Fsp3) is 0.250. The van der Waals surface area contributed by atoms with Crippen molar-refractivity contribution in [3.8, 4) is 16.9 Å². The number of fused-ring (bicyclic) bond motifs is 1. The van der Waals surface area contributed by atoms with E-state index in [1.54, 1.807) is 6.07 Å². The quantitative estimate of drug-likeness (QED) is 0.915. The molecule has 0 amide bonds. The fourth-order valence-corrected chi connectivity index (χ4v) is 3.01. The summed E-state index contributed by atoms with van der Waals surface area (Å²) in [5.74, 6) is 0.428. The molecule has 3 rings (SSSR count). The molecule has 1 unspecified atom stereocenters. The zero-order chi connectivity index (χ0) is 14.3. The summed E-state index contributed by atoms with van der Waals surface area (Å²) in [6.07, 6.45) is 0.549. The first-order valence-corrected chi connectivity index (χ1v) is 6.92. The van der Waals surface area contributed by atoms with E-state index in [0.717, 1.165) is 16.7 Å². The molecular formula is C16H15ClFNO. The zero-order valence-electron chi connectivity index (χ0n) is 11.1. The highest BCUT2D eigenvalue weighted by molar-refractivity contribution is 6.33.